The second kappa shape index (κ2) is 4.97. The summed E-state index contributed by atoms with van der Waals surface area (Å²) in [4.78, 5) is 11.3. The van der Waals surface area contributed by atoms with Crippen molar-refractivity contribution in [3.05, 3.63) is 47.5 Å². The highest BCUT2D eigenvalue weighted by Gasteiger charge is 2.17. The Morgan fingerprint density at radius 1 is 1.48 bits per heavy atom. The van der Waals surface area contributed by atoms with Crippen LogP contribution >= 0.6 is 0 Å². The highest BCUT2D eigenvalue weighted by Crippen LogP contribution is 2.29. The first kappa shape index (κ1) is 13.2. The number of furan rings is 1. The molecule has 108 valence electrons. The number of fused-ring (bicyclic) bond motifs is 1. The van der Waals surface area contributed by atoms with Gasteiger partial charge in [0.1, 0.15) is 29.3 Å². The fourth-order valence-corrected chi connectivity index (χ4v) is 2.27. The van der Waals surface area contributed by atoms with Crippen LogP contribution < -0.4 is 4.74 Å². The van der Waals surface area contributed by atoms with E-state index in [1.807, 2.05) is 13.2 Å². The molecule has 2 heterocycles. The minimum absolute atomic E-state index is 0.178. The number of carboxylic acids is 1. The van der Waals surface area contributed by atoms with E-state index in [1.165, 1.54) is 0 Å². The highest BCUT2D eigenvalue weighted by molar-refractivity contribution is 6.03. The number of aromatic carboxylic acids is 1. The third-order valence-corrected chi connectivity index (χ3v) is 3.21. The molecule has 0 bridgehead atoms. The van der Waals surface area contributed by atoms with Gasteiger partial charge in [0.15, 0.2) is 0 Å². The number of ether oxygens (including phenoxy) is 1. The SMILES string of the molecule is Cc1oc2ccc(OCc3cnn(C)c3)cc2c1C(=O)O. The van der Waals surface area contributed by atoms with Crippen LogP contribution in [0.25, 0.3) is 11.0 Å². The molecule has 1 aromatic carbocycles. The molecule has 3 aromatic rings. The molecule has 6 nitrogen and oxygen atoms in total. The Morgan fingerprint density at radius 2 is 2.29 bits per heavy atom. The number of rotatable bonds is 4. The van der Waals surface area contributed by atoms with Crippen LogP contribution in [0.1, 0.15) is 21.7 Å². The van der Waals surface area contributed by atoms with E-state index >= 15 is 0 Å². The highest BCUT2D eigenvalue weighted by atomic mass is 16.5. The summed E-state index contributed by atoms with van der Waals surface area (Å²) < 4.78 is 12.8. The van der Waals surface area contributed by atoms with E-state index in [0.717, 1.165) is 5.56 Å². The van der Waals surface area contributed by atoms with Crippen molar-refractivity contribution in [2.45, 2.75) is 13.5 Å². The molecule has 2 aromatic heterocycles. The summed E-state index contributed by atoms with van der Waals surface area (Å²) >= 11 is 0. The standard InChI is InChI=1S/C15H14N2O4/c1-9-14(15(18)19)12-5-11(3-4-13(12)21-9)20-8-10-6-16-17(2)7-10/h3-7H,8H2,1-2H3,(H,18,19). The zero-order valence-electron chi connectivity index (χ0n) is 11.7. The molecular weight excluding hydrogens is 272 g/mol. The molecule has 0 atom stereocenters. The molecule has 0 aliphatic rings. The zero-order valence-corrected chi connectivity index (χ0v) is 11.7. The zero-order chi connectivity index (χ0) is 15.0. The van der Waals surface area contributed by atoms with Crippen LogP contribution in [-0.4, -0.2) is 20.9 Å². The van der Waals surface area contributed by atoms with Crippen LogP contribution in [0.15, 0.2) is 35.0 Å². The van der Waals surface area contributed by atoms with Gasteiger partial charge in [-0.3, -0.25) is 4.68 Å². The summed E-state index contributed by atoms with van der Waals surface area (Å²) in [5, 5.41) is 13.9. The quantitative estimate of drug-likeness (QED) is 0.798. The van der Waals surface area contributed by atoms with Crippen molar-refractivity contribution in [2.75, 3.05) is 0 Å². The molecule has 0 aliphatic heterocycles. The number of benzene rings is 1. The Bertz CT molecular complexity index is 816. The van der Waals surface area contributed by atoms with Crippen LogP contribution in [0.3, 0.4) is 0 Å². The monoisotopic (exact) mass is 286 g/mol. The van der Waals surface area contributed by atoms with Crippen LogP contribution in [0.4, 0.5) is 0 Å². The normalized spacial score (nSPS) is 11.0. The van der Waals surface area contributed by atoms with Crippen LogP contribution in [-0.2, 0) is 13.7 Å². The van der Waals surface area contributed by atoms with Gasteiger partial charge in [0, 0.05) is 24.2 Å². The van der Waals surface area contributed by atoms with Crippen molar-refractivity contribution in [1.29, 1.82) is 0 Å². The summed E-state index contributed by atoms with van der Waals surface area (Å²) in [6.45, 7) is 2.01. The molecule has 0 unspecified atom stereocenters. The Labute approximate surface area is 120 Å². The van der Waals surface area contributed by atoms with Gasteiger partial charge in [-0.05, 0) is 25.1 Å². The maximum Gasteiger partial charge on any atom is 0.339 e. The molecule has 1 N–H and O–H groups in total. The summed E-state index contributed by atoms with van der Waals surface area (Å²) in [6.07, 6.45) is 3.59. The third-order valence-electron chi connectivity index (χ3n) is 3.21. The van der Waals surface area contributed by atoms with Gasteiger partial charge >= 0.3 is 5.97 Å². The number of carboxylic acid groups (broad SMARTS) is 1. The first-order chi connectivity index (χ1) is 10.0. The van der Waals surface area contributed by atoms with E-state index in [2.05, 4.69) is 5.10 Å². The Kier molecular flexibility index (Phi) is 3.13. The number of aromatic nitrogens is 2. The van der Waals surface area contributed by atoms with Crippen molar-refractivity contribution in [3.8, 4) is 5.75 Å². The van der Waals surface area contributed by atoms with Crippen molar-refractivity contribution in [1.82, 2.24) is 9.78 Å². The molecule has 3 rings (SSSR count). The van der Waals surface area contributed by atoms with Gasteiger partial charge in [0.2, 0.25) is 0 Å². The molecule has 6 heteroatoms. The van der Waals surface area contributed by atoms with E-state index in [4.69, 9.17) is 9.15 Å². The molecule has 0 radical (unpaired) electrons. The Hall–Kier alpha value is -2.76. The lowest BCUT2D eigenvalue weighted by Crippen LogP contribution is -1.97. The number of hydrogen-bond acceptors (Lipinski definition) is 4. The number of hydrogen-bond donors (Lipinski definition) is 1. The minimum Gasteiger partial charge on any atom is -0.489 e. The van der Waals surface area contributed by atoms with Gasteiger partial charge in [-0.2, -0.15) is 5.10 Å². The van der Waals surface area contributed by atoms with E-state index in [1.54, 1.807) is 36.0 Å². The van der Waals surface area contributed by atoms with Crippen molar-refractivity contribution >= 4 is 16.9 Å². The molecule has 0 spiro atoms. The predicted molar refractivity (Wildman–Crippen MR) is 75.5 cm³/mol. The van der Waals surface area contributed by atoms with Gasteiger partial charge in [-0.15, -0.1) is 0 Å². The summed E-state index contributed by atoms with van der Waals surface area (Å²) in [5.74, 6) is -0.0211. The maximum absolute atomic E-state index is 11.3. The van der Waals surface area contributed by atoms with Gasteiger partial charge in [0.05, 0.1) is 6.20 Å². The molecule has 0 amide bonds. The van der Waals surface area contributed by atoms with E-state index < -0.39 is 5.97 Å². The number of nitrogens with zero attached hydrogens (tertiary/aromatic N) is 2. The fraction of sp³-hybridized carbons (Fsp3) is 0.200. The largest absolute Gasteiger partial charge is 0.489 e. The van der Waals surface area contributed by atoms with Crippen molar-refractivity contribution in [3.63, 3.8) is 0 Å². The van der Waals surface area contributed by atoms with Crippen LogP contribution in [0.5, 0.6) is 5.75 Å². The summed E-state index contributed by atoms with van der Waals surface area (Å²) in [5.41, 5.74) is 1.66. The van der Waals surface area contributed by atoms with Gasteiger partial charge < -0.3 is 14.3 Å². The lowest BCUT2D eigenvalue weighted by atomic mass is 10.1. The molecule has 0 aliphatic carbocycles. The smallest absolute Gasteiger partial charge is 0.339 e. The molecule has 0 saturated heterocycles. The average molecular weight is 286 g/mol. The number of carbonyl (C=O) groups is 1. The lowest BCUT2D eigenvalue weighted by Gasteiger charge is -2.04. The average Bonchev–Trinajstić information content (AvgIpc) is 2.98. The van der Waals surface area contributed by atoms with Crippen LogP contribution in [0, 0.1) is 6.92 Å². The molecule has 0 saturated carbocycles. The van der Waals surface area contributed by atoms with Gasteiger partial charge in [-0.25, -0.2) is 4.79 Å². The fourth-order valence-electron chi connectivity index (χ4n) is 2.27. The minimum atomic E-state index is -1.00. The second-order valence-electron chi connectivity index (χ2n) is 4.81. The van der Waals surface area contributed by atoms with Crippen LogP contribution in [0.2, 0.25) is 0 Å². The van der Waals surface area contributed by atoms with E-state index in [-0.39, 0.29) is 5.56 Å². The molecular formula is C15H14N2O4. The maximum atomic E-state index is 11.3. The Morgan fingerprint density at radius 3 is 2.95 bits per heavy atom. The molecule has 0 fully saturated rings. The van der Waals surface area contributed by atoms with Gasteiger partial charge in [-0.1, -0.05) is 0 Å². The first-order valence-electron chi connectivity index (χ1n) is 6.41. The van der Waals surface area contributed by atoms with Gasteiger partial charge in [0.25, 0.3) is 0 Å². The van der Waals surface area contributed by atoms with E-state index in [0.29, 0.717) is 29.1 Å². The van der Waals surface area contributed by atoms with Crippen molar-refractivity contribution in [2.24, 2.45) is 7.05 Å². The summed E-state index contributed by atoms with van der Waals surface area (Å²) in [6, 6.07) is 5.16. The van der Waals surface area contributed by atoms with Crippen molar-refractivity contribution < 1.29 is 19.1 Å². The first-order valence-corrected chi connectivity index (χ1v) is 6.41. The lowest BCUT2D eigenvalue weighted by molar-refractivity contribution is 0.0697. The topological polar surface area (TPSA) is 77.5 Å². The second-order valence-corrected chi connectivity index (χ2v) is 4.81. The summed E-state index contributed by atoms with van der Waals surface area (Å²) in [7, 11) is 1.84. The Balaban J connectivity index is 1.89. The third kappa shape index (κ3) is 2.47. The number of aryl methyl sites for hydroxylation is 2. The predicted octanol–water partition coefficient (Wildman–Crippen LogP) is 2.75. The van der Waals surface area contributed by atoms with E-state index in [9.17, 15) is 9.90 Å². The molecule has 21 heavy (non-hydrogen) atoms.